The predicted molar refractivity (Wildman–Crippen MR) is 98.3 cm³/mol. The zero-order valence-electron chi connectivity index (χ0n) is 15.1. The lowest BCUT2D eigenvalue weighted by molar-refractivity contribution is -0.117. The van der Waals surface area contributed by atoms with Crippen LogP contribution in [-0.2, 0) is 17.9 Å². The third-order valence-corrected chi connectivity index (χ3v) is 4.39. The van der Waals surface area contributed by atoms with Gasteiger partial charge in [-0.2, -0.15) is 10.2 Å². The lowest BCUT2D eigenvalue weighted by Gasteiger charge is -2.07. The number of hydrogen-bond donors (Lipinski definition) is 1. The highest BCUT2D eigenvalue weighted by atomic mass is 35.5. The zero-order valence-corrected chi connectivity index (χ0v) is 15.9. The summed E-state index contributed by atoms with van der Waals surface area (Å²) in [5.74, 6) is -0.568. The number of benzene rings is 1. The van der Waals surface area contributed by atoms with Gasteiger partial charge in [-0.15, -0.1) is 0 Å². The molecule has 0 atom stereocenters. The molecule has 0 unspecified atom stereocenters. The fourth-order valence-corrected chi connectivity index (χ4v) is 3.07. The summed E-state index contributed by atoms with van der Waals surface area (Å²) in [6.07, 6.45) is -4.66. The molecule has 1 aromatic carbocycles. The lowest BCUT2D eigenvalue weighted by Crippen LogP contribution is -2.21. The maximum absolute atomic E-state index is 13.1. The number of rotatable bonds is 7. The first kappa shape index (κ1) is 20.8. The minimum absolute atomic E-state index is 0.189. The number of aromatic nitrogens is 4. The molecule has 11 heteroatoms. The van der Waals surface area contributed by atoms with E-state index in [1.165, 1.54) is 6.07 Å². The average molecular weight is 430 g/mol. The van der Waals surface area contributed by atoms with E-state index < -0.39 is 41.7 Å². The van der Waals surface area contributed by atoms with E-state index >= 15 is 0 Å². The van der Waals surface area contributed by atoms with Gasteiger partial charge >= 0.3 is 0 Å². The van der Waals surface area contributed by atoms with E-state index in [1.54, 1.807) is 10.9 Å². The van der Waals surface area contributed by atoms with Crippen molar-refractivity contribution in [2.45, 2.75) is 32.9 Å². The quantitative estimate of drug-likeness (QED) is 0.558. The van der Waals surface area contributed by atoms with Crippen LogP contribution in [0, 0.1) is 6.92 Å². The van der Waals surface area contributed by atoms with E-state index in [1.807, 2.05) is 31.2 Å². The number of amides is 1. The smallest absolute Gasteiger partial charge is 0.283 e. The van der Waals surface area contributed by atoms with Crippen molar-refractivity contribution in [1.29, 1.82) is 0 Å². The Hall–Kier alpha value is -2.88. The van der Waals surface area contributed by atoms with Gasteiger partial charge in [-0.05, 0) is 12.5 Å². The normalized spacial score (nSPS) is 11.4. The number of nitrogens with one attached hydrogen (secondary N) is 1. The second kappa shape index (κ2) is 8.64. The van der Waals surface area contributed by atoms with Crippen molar-refractivity contribution in [3.8, 4) is 0 Å². The average Bonchev–Trinajstić information content (AvgIpc) is 3.18. The summed E-state index contributed by atoms with van der Waals surface area (Å²) in [5, 5.41) is 9.12. The summed E-state index contributed by atoms with van der Waals surface area (Å²) < 4.78 is 54.1. The van der Waals surface area contributed by atoms with E-state index in [4.69, 9.17) is 11.6 Å². The van der Waals surface area contributed by atoms with E-state index in [-0.39, 0.29) is 5.82 Å². The van der Waals surface area contributed by atoms with Crippen molar-refractivity contribution in [2.24, 2.45) is 0 Å². The van der Waals surface area contributed by atoms with Crippen LogP contribution in [0.25, 0.3) is 0 Å². The number of carbonyl (C=O) groups is 1. The van der Waals surface area contributed by atoms with Crippen LogP contribution in [0.3, 0.4) is 0 Å². The Kier molecular flexibility index (Phi) is 6.21. The molecule has 1 N–H and O–H groups in total. The first-order valence-corrected chi connectivity index (χ1v) is 8.83. The van der Waals surface area contributed by atoms with Crippen LogP contribution in [0.5, 0.6) is 0 Å². The molecule has 29 heavy (non-hydrogen) atoms. The molecule has 154 valence electrons. The second-order valence-corrected chi connectivity index (χ2v) is 6.66. The van der Waals surface area contributed by atoms with Crippen molar-refractivity contribution < 1.29 is 22.4 Å². The van der Waals surface area contributed by atoms with E-state index in [0.29, 0.717) is 11.2 Å². The molecule has 0 saturated carbocycles. The summed E-state index contributed by atoms with van der Waals surface area (Å²) in [4.78, 5) is 12.2. The monoisotopic (exact) mass is 429 g/mol. The molecular formula is C18H16ClF4N5O. The van der Waals surface area contributed by atoms with Gasteiger partial charge in [-0.3, -0.25) is 14.2 Å². The molecule has 0 saturated heterocycles. The highest BCUT2D eigenvalue weighted by Crippen LogP contribution is 2.34. The third-order valence-electron chi connectivity index (χ3n) is 4.00. The second-order valence-electron chi connectivity index (χ2n) is 6.28. The van der Waals surface area contributed by atoms with Gasteiger partial charge < -0.3 is 5.32 Å². The van der Waals surface area contributed by atoms with Crippen molar-refractivity contribution in [3.63, 3.8) is 0 Å². The Morgan fingerprint density at radius 3 is 2.59 bits per heavy atom. The van der Waals surface area contributed by atoms with E-state index in [2.05, 4.69) is 15.5 Å². The molecule has 3 aromatic rings. The number of anilines is 1. The summed E-state index contributed by atoms with van der Waals surface area (Å²) in [6.45, 7) is 1.73. The minimum atomic E-state index is -3.16. The molecule has 0 bridgehead atoms. The highest BCUT2D eigenvalue weighted by molar-refractivity contribution is 6.32. The standard InChI is InChI=1S/C18H16ClF4N5O/c1-10-3-2-4-11(7-10)8-27-6-5-12(25-27)24-13(29)9-28-16(18(22)23)14(19)15(26-28)17(20)21/h2-7,17-18H,8-9H2,1H3,(H,24,25,29). The van der Waals surface area contributed by atoms with Crippen LogP contribution >= 0.6 is 11.6 Å². The molecule has 0 aliphatic rings. The van der Waals surface area contributed by atoms with Crippen molar-refractivity contribution >= 4 is 23.3 Å². The molecule has 0 aliphatic heterocycles. The van der Waals surface area contributed by atoms with Gasteiger partial charge in [0.15, 0.2) is 5.82 Å². The summed E-state index contributed by atoms with van der Waals surface area (Å²) in [6, 6.07) is 9.34. The topological polar surface area (TPSA) is 64.7 Å². The van der Waals surface area contributed by atoms with Gasteiger partial charge in [0.05, 0.1) is 11.6 Å². The van der Waals surface area contributed by atoms with Gasteiger partial charge in [0.25, 0.3) is 12.9 Å². The number of alkyl halides is 4. The molecule has 3 rings (SSSR count). The van der Waals surface area contributed by atoms with Crippen molar-refractivity contribution in [2.75, 3.05) is 5.32 Å². The molecule has 0 radical (unpaired) electrons. The van der Waals surface area contributed by atoms with Gasteiger partial charge in [0, 0.05) is 12.3 Å². The predicted octanol–water partition coefficient (Wildman–Crippen LogP) is 4.60. The molecule has 0 fully saturated rings. The Morgan fingerprint density at radius 1 is 1.17 bits per heavy atom. The largest absolute Gasteiger partial charge is 0.308 e. The Balaban J connectivity index is 1.69. The fraction of sp³-hybridized carbons (Fsp3) is 0.278. The van der Waals surface area contributed by atoms with Gasteiger partial charge in [-0.25, -0.2) is 17.6 Å². The molecular weight excluding hydrogens is 414 g/mol. The molecule has 2 heterocycles. The number of nitrogens with zero attached hydrogens (tertiary/aromatic N) is 4. The summed E-state index contributed by atoms with van der Waals surface area (Å²) in [5.41, 5.74) is 0.191. The molecule has 1 amide bonds. The number of aryl methyl sites for hydroxylation is 1. The van der Waals surface area contributed by atoms with E-state index in [0.717, 1.165) is 11.1 Å². The van der Waals surface area contributed by atoms with Crippen LogP contribution in [0.15, 0.2) is 36.5 Å². The Labute approximate surface area is 168 Å². The maximum Gasteiger partial charge on any atom is 0.283 e. The molecule has 0 spiro atoms. The summed E-state index contributed by atoms with van der Waals surface area (Å²) >= 11 is 5.56. The van der Waals surface area contributed by atoms with Crippen LogP contribution in [0.2, 0.25) is 5.02 Å². The van der Waals surface area contributed by atoms with Crippen molar-refractivity contribution in [1.82, 2.24) is 19.6 Å². The third kappa shape index (κ3) is 4.94. The van der Waals surface area contributed by atoms with Crippen LogP contribution in [-0.4, -0.2) is 25.5 Å². The number of carbonyl (C=O) groups excluding carboxylic acids is 1. The van der Waals surface area contributed by atoms with Gasteiger partial charge in [0.2, 0.25) is 5.91 Å². The minimum Gasteiger partial charge on any atom is -0.308 e. The Bertz CT molecular complexity index is 1020. The van der Waals surface area contributed by atoms with Crippen LogP contribution in [0.1, 0.15) is 35.4 Å². The van der Waals surface area contributed by atoms with Gasteiger partial charge in [-0.1, -0.05) is 41.4 Å². The maximum atomic E-state index is 13.1. The molecule has 0 aliphatic carbocycles. The molecule has 2 aromatic heterocycles. The van der Waals surface area contributed by atoms with Crippen LogP contribution in [0.4, 0.5) is 23.4 Å². The SMILES string of the molecule is Cc1cccc(Cn2ccc(NC(=O)Cn3nc(C(F)F)c(Cl)c3C(F)F)n2)c1. The van der Waals surface area contributed by atoms with Crippen LogP contribution < -0.4 is 5.32 Å². The highest BCUT2D eigenvalue weighted by Gasteiger charge is 2.28. The molecule has 6 nitrogen and oxygen atoms in total. The number of hydrogen-bond acceptors (Lipinski definition) is 3. The zero-order chi connectivity index (χ0) is 21.1. The van der Waals surface area contributed by atoms with E-state index in [9.17, 15) is 22.4 Å². The summed E-state index contributed by atoms with van der Waals surface area (Å²) in [7, 11) is 0. The first-order chi connectivity index (χ1) is 13.7. The fourth-order valence-electron chi connectivity index (χ4n) is 2.77. The lowest BCUT2D eigenvalue weighted by atomic mass is 10.1. The Morgan fingerprint density at radius 2 is 1.93 bits per heavy atom. The van der Waals surface area contributed by atoms with Crippen molar-refractivity contribution in [3.05, 3.63) is 64.1 Å². The number of halogens is 5. The first-order valence-electron chi connectivity index (χ1n) is 8.46. The van der Waals surface area contributed by atoms with Gasteiger partial charge in [0.1, 0.15) is 17.9 Å².